The Balaban J connectivity index is 2.88. The average Bonchev–Trinajstić information content (AvgIpc) is 2.17. The quantitative estimate of drug-likeness (QED) is 0.868. The van der Waals surface area contributed by atoms with Gasteiger partial charge in [-0.1, -0.05) is 22.0 Å². The number of ether oxygens (including phenoxy) is 1. The molecule has 0 saturated carbocycles. The van der Waals surface area contributed by atoms with Crippen LogP contribution in [-0.2, 0) is 0 Å². The van der Waals surface area contributed by atoms with Gasteiger partial charge in [0.2, 0.25) is 0 Å². The molecule has 3 N–H and O–H groups in total. The lowest BCUT2D eigenvalue weighted by Crippen LogP contribution is -2.12. The number of methoxy groups -OCH3 is 1. The second-order valence-electron chi connectivity index (χ2n) is 3.01. The first-order valence-corrected chi connectivity index (χ1v) is 5.18. The molecule has 3 nitrogen and oxygen atoms in total. The molecule has 0 aliphatic carbocycles. The molecule has 1 aromatic carbocycles. The van der Waals surface area contributed by atoms with Crippen LogP contribution in [0, 0.1) is 0 Å². The highest BCUT2D eigenvalue weighted by Gasteiger charge is 2.09. The van der Waals surface area contributed by atoms with Crippen molar-refractivity contribution in [2.24, 2.45) is 5.73 Å². The van der Waals surface area contributed by atoms with Crippen LogP contribution in [0.15, 0.2) is 22.7 Å². The van der Waals surface area contributed by atoms with E-state index in [1.807, 2.05) is 18.2 Å². The molecule has 1 aromatic rings. The second kappa shape index (κ2) is 5.34. The predicted molar refractivity (Wildman–Crippen MR) is 59.3 cm³/mol. The maximum atomic E-state index is 8.77. The zero-order chi connectivity index (χ0) is 10.6. The van der Waals surface area contributed by atoms with Crippen LogP contribution in [0.2, 0.25) is 0 Å². The summed E-state index contributed by atoms with van der Waals surface area (Å²) in [6.07, 6.45) is 0.560. The minimum atomic E-state index is -0.139. The van der Waals surface area contributed by atoms with Crippen molar-refractivity contribution in [3.8, 4) is 5.75 Å². The monoisotopic (exact) mass is 259 g/mol. The molecule has 78 valence electrons. The topological polar surface area (TPSA) is 55.5 Å². The van der Waals surface area contributed by atoms with Crippen LogP contribution >= 0.6 is 15.9 Å². The van der Waals surface area contributed by atoms with Crippen molar-refractivity contribution >= 4 is 15.9 Å². The standard InChI is InChI=1S/C10H14BrNO2/c1-14-7-2-3-8(9(11)6-7)10(12)4-5-13/h2-3,6,10,13H,4-5,12H2,1H3/t10-/m1/s1. The highest BCUT2D eigenvalue weighted by Crippen LogP contribution is 2.27. The summed E-state index contributed by atoms with van der Waals surface area (Å²) in [5.74, 6) is 0.789. The molecule has 0 unspecified atom stereocenters. The Kier molecular flexibility index (Phi) is 4.38. The summed E-state index contributed by atoms with van der Waals surface area (Å²) in [4.78, 5) is 0. The van der Waals surface area contributed by atoms with E-state index in [-0.39, 0.29) is 12.6 Å². The highest BCUT2D eigenvalue weighted by molar-refractivity contribution is 9.10. The van der Waals surface area contributed by atoms with Crippen molar-refractivity contribution in [1.29, 1.82) is 0 Å². The summed E-state index contributed by atoms with van der Waals surface area (Å²) in [7, 11) is 1.62. The number of rotatable bonds is 4. The lowest BCUT2D eigenvalue weighted by molar-refractivity contribution is 0.276. The first-order chi connectivity index (χ1) is 6.69. The van der Waals surface area contributed by atoms with Crippen molar-refractivity contribution in [3.63, 3.8) is 0 Å². The van der Waals surface area contributed by atoms with Gasteiger partial charge in [-0.15, -0.1) is 0 Å². The van der Waals surface area contributed by atoms with E-state index in [1.165, 1.54) is 0 Å². The number of benzene rings is 1. The van der Waals surface area contributed by atoms with Gasteiger partial charge in [-0.2, -0.15) is 0 Å². The largest absolute Gasteiger partial charge is 0.497 e. The van der Waals surface area contributed by atoms with Crippen LogP contribution in [0.4, 0.5) is 0 Å². The SMILES string of the molecule is COc1ccc([C@H](N)CCO)c(Br)c1. The van der Waals surface area contributed by atoms with Crippen molar-refractivity contribution in [3.05, 3.63) is 28.2 Å². The van der Waals surface area contributed by atoms with Crippen LogP contribution in [0.1, 0.15) is 18.0 Å². The molecule has 0 amide bonds. The minimum Gasteiger partial charge on any atom is -0.497 e. The fourth-order valence-electron chi connectivity index (χ4n) is 1.23. The number of aliphatic hydroxyl groups is 1. The summed E-state index contributed by atoms with van der Waals surface area (Å²) in [5, 5.41) is 8.77. The van der Waals surface area contributed by atoms with Crippen LogP contribution in [-0.4, -0.2) is 18.8 Å². The lowest BCUT2D eigenvalue weighted by Gasteiger charge is -2.13. The molecule has 1 atom stereocenters. The molecule has 14 heavy (non-hydrogen) atoms. The first kappa shape index (κ1) is 11.5. The average molecular weight is 260 g/mol. The van der Waals surface area contributed by atoms with E-state index < -0.39 is 0 Å². The fraction of sp³-hybridized carbons (Fsp3) is 0.400. The predicted octanol–water partition coefficient (Wildman–Crippen LogP) is 1.84. The van der Waals surface area contributed by atoms with E-state index in [4.69, 9.17) is 15.6 Å². The summed E-state index contributed by atoms with van der Waals surface area (Å²) >= 11 is 3.42. The molecule has 0 heterocycles. The second-order valence-corrected chi connectivity index (χ2v) is 3.86. The lowest BCUT2D eigenvalue weighted by atomic mass is 10.1. The van der Waals surface area contributed by atoms with E-state index in [9.17, 15) is 0 Å². The Morgan fingerprint density at radius 1 is 1.57 bits per heavy atom. The molecule has 0 bridgehead atoms. The van der Waals surface area contributed by atoms with Gasteiger partial charge in [-0.05, 0) is 24.1 Å². The molecule has 4 heteroatoms. The van der Waals surface area contributed by atoms with Gasteiger partial charge in [0.1, 0.15) is 5.75 Å². The van der Waals surface area contributed by atoms with Gasteiger partial charge in [-0.3, -0.25) is 0 Å². The third-order valence-corrected chi connectivity index (χ3v) is 2.73. The summed E-state index contributed by atoms with van der Waals surface area (Å²) in [6.45, 7) is 0.0969. The van der Waals surface area contributed by atoms with E-state index in [2.05, 4.69) is 15.9 Å². The molecule has 0 radical (unpaired) electrons. The number of halogens is 1. The Morgan fingerprint density at radius 3 is 2.79 bits per heavy atom. The number of aliphatic hydroxyl groups excluding tert-OH is 1. The highest BCUT2D eigenvalue weighted by atomic mass is 79.9. The van der Waals surface area contributed by atoms with Crippen LogP contribution in [0.25, 0.3) is 0 Å². The van der Waals surface area contributed by atoms with E-state index in [0.29, 0.717) is 6.42 Å². The Morgan fingerprint density at radius 2 is 2.29 bits per heavy atom. The zero-order valence-corrected chi connectivity index (χ0v) is 9.62. The third-order valence-electron chi connectivity index (χ3n) is 2.05. The van der Waals surface area contributed by atoms with Gasteiger partial charge in [0.05, 0.1) is 7.11 Å². The maximum absolute atomic E-state index is 8.77. The Hall–Kier alpha value is -0.580. The van der Waals surface area contributed by atoms with Gasteiger partial charge in [0.25, 0.3) is 0 Å². The molecular weight excluding hydrogens is 246 g/mol. The maximum Gasteiger partial charge on any atom is 0.120 e. The van der Waals surface area contributed by atoms with Crippen molar-refractivity contribution in [2.75, 3.05) is 13.7 Å². The zero-order valence-electron chi connectivity index (χ0n) is 8.03. The Bertz CT molecular complexity index is 304. The van der Waals surface area contributed by atoms with Gasteiger partial charge in [0, 0.05) is 17.1 Å². The number of nitrogens with two attached hydrogens (primary N) is 1. The molecule has 0 aliphatic heterocycles. The van der Waals surface area contributed by atoms with E-state index in [0.717, 1.165) is 15.8 Å². The summed E-state index contributed by atoms with van der Waals surface area (Å²) in [5.41, 5.74) is 6.85. The van der Waals surface area contributed by atoms with Crippen LogP contribution in [0.3, 0.4) is 0 Å². The fourth-order valence-corrected chi connectivity index (χ4v) is 1.88. The number of hydrogen-bond acceptors (Lipinski definition) is 3. The van der Waals surface area contributed by atoms with Gasteiger partial charge < -0.3 is 15.6 Å². The minimum absolute atomic E-state index is 0.0969. The third kappa shape index (κ3) is 2.70. The van der Waals surface area contributed by atoms with Gasteiger partial charge in [-0.25, -0.2) is 0 Å². The molecule has 0 fully saturated rings. The number of hydrogen-bond donors (Lipinski definition) is 2. The normalized spacial score (nSPS) is 12.6. The summed E-state index contributed by atoms with van der Waals surface area (Å²) < 4.78 is 5.98. The molecule has 0 saturated heterocycles. The van der Waals surface area contributed by atoms with Gasteiger partial charge in [0.15, 0.2) is 0 Å². The Labute approximate surface area is 92.0 Å². The smallest absolute Gasteiger partial charge is 0.120 e. The first-order valence-electron chi connectivity index (χ1n) is 4.39. The van der Waals surface area contributed by atoms with E-state index >= 15 is 0 Å². The molecule has 0 spiro atoms. The van der Waals surface area contributed by atoms with Crippen LogP contribution in [0.5, 0.6) is 5.75 Å². The molecule has 0 aromatic heterocycles. The van der Waals surface area contributed by atoms with Crippen LogP contribution < -0.4 is 10.5 Å². The van der Waals surface area contributed by atoms with Gasteiger partial charge >= 0.3 is 0 Å². The molecule has 1 rings (SSSR count). The van der Waals surface area contributed by atoms with E-state index in [1.54, 1.807) is 7.11 Å². The van der Waals surface area contributed by atoms with Crippen molar-refractivity contribution < 1.29 is 9.84 Å². The molecule has 0 aliphatic rings. The van der Waals surface area contributed by atoms with Crippen molar-refractivity contribution in [1.82, 2.24) is 0 Å². The molecular formula is C10H14BrNO2. The summed E-state index contributed by atoms with van der Waals surface area (Å²) in [6, 6.07) is 5.49. The van der Waals surface area contributed by atoms with Crippen molar-refractivity contribution in [2.45, 2.75) is 12.5 Å².